The lowest BCUT2D eigenvalue weighted by molar-refractivity contribution is 0.0998. The maximum absolute atomic E-state index is 12.7. The Morgan fingerprint density at radius 3 is 2.46 bits per heavy atom. The number of fused-ring (bicyclic) bond motifs is 1. The van der Waals surface area contributed by atoms with Crippen LogP contribution in [0, 0.1) is 6.92 Å². The standard InChI is InChI=1S/C20H23N3O2S/c1-6-23-17-16(25-5)12-7-13(2)18(17)26-20(23)21-19(24)14-8-10-15(11-9-14)22(3)4/h7-12H,6H2,1-5H3. The number of nitrogens with zero attached hydrogens (tertiary/aromatic N) is 3. The van der Waals surface area contributed by atoms with E-state index in [0.29, 0.717) is 16.9 Å². The first kappa shape index (κ1) is 18.2. The van der Waals surface area contributed by atoms with Gasteiger partial charge >= 0.3 is 0 Å². The molecule has 0 unspecified atom stereocenters. The fourth-order valence-corrected chi connectivity index (χ4v) is 4.05. The molecule has 0 saturated carbocycles. The van der Waals surface area contributed by atoms with E-state index in [1.807, 2.05) is 66.9 Å². The zero-order valence-corrected chi connectivity index (χ0v) is 16.6. The van der Waals surface area contributed by atoms with Gasteiger partial charge in [0, 0.05) is 31.9 Å². The third-order valence-electron chi connectivity index (χ3n) is 4.35. The Morgan fingerprint density at radius 1 is 1.19 bits per heavy atom. The Balaban J connectivity index is 2.12. The lowest BCUT2D eigenvalue weighted by atomic mass is 10.2. The largest absolute Gasteiger partial charge is 0.495 e. The van der Waals surface area contributed by atoms with Crippen LogP contribution in [0.25, 0.3) is 10.2 Å². The molecule has 26 heavy (non-hydrogen) atoms. The zero-order valence-electron chi connectivity index (χ0n) is 15.7. The van der Waals surface area contributed by atoms with Crippen molar-refractivity contribution in [2.24, 2.45) is 4.99 Å². The molecule has 0 atom stereocenters. The van der Waals surface area contributed by atoms with E-state index >= 15 is 0 Å². The summed E-state index contributed by atoms with van der Waals surface area (Å²) in [5.74, 6) is 0.564. The molecule has 0 saturated heterocycles. The predicted octanol–water partition coefficient (Wildman–Crippen LogP) is 3.85. The van der Waals surface area contributed by atoms with E-state index in [0.717, 1.165) is 27.2 Å². The van der Waals surface area contributed by atoms with Crippen molar-refractivity contribution in [1.82, 2.24) is 4.57 Å². The molecule has 0 spiro atoms. The Labute approximate surface area is 157 Å². The van der Waals surface area contributed by atoms with Crippen molar-refractivity contribution in [3.63, 3.8) is 0 Å². The van der Waals surface area contributed by atoms with Crippen LogP contribution < -0.4 is 14.4 Å². The highest BCUT2D eigenvalue weighted by Gasteiger charge is 2.14. The van der Waals surface area contributed by atoms with Gasteiger partial charge in [-0.25, -0.2) is 0 Å². The minimum atomic E-state index is -0.235. The second-order valence-corrected chi connectivity index (χ2v) is 7.23. The zero-order chi connectivity index (χ0) is 18.8. The van der Waals surface area contributed by atoms with Gasteiger partial charge in [-0.05, 0) is 49.7 Å². The van der Waals surface area contributed by atoms with Crippen LogP contribution in [-0.2, 0) is 6.54 Å². The molecular weight excluding hydrogens is 346 g/mol. The third-order valence-corrected chi connectivity index (χ3v) is 5.56. The number of ether oxygens (including phenoxy) is 1. The molecule has 0 fully saturated rings. The number of carbonyl (C=O) groups excluding carboxylic acids is 1. The fourth-order valence-electron chi connectivity index (χ4n) is 2.88. The quantitative estimate of drug-likeness (QED) is 0.702. The van der Waals surface area contributed by atoms with Crippen molar-refractivity contribution in [2.45, 2.75) is 20.4 Å². The van der Waals surface area contributed by atoms with Crippen LogP contribution in [0.2, 0.25) is 0 Å². The molecule has 136 valence electrons. The summed E-state index contributed by atoms with van der Waals surface area (Å²) in [4.78, 5) is 19.8. The lowest BCUT2D eigenvalue weighted by Gasteiger charge is -2.11. The first-order chi connectivity index (χ1) is 12.5. The Bertz CT molecular complexity index is 1010. The van der Waals surface area contributed by atoms with Crippen molar-refractivity contribution in [3.8, 4) is 5.75 Å². The van der Waals surface area contributed by atoms with Gasteiger partial charge < -0.3 is 14.2 Å². The van der Waals surface area contributed by atoms with E-state index in [-0.39, 0.29) is 5.91 Å². The molecule has 2 aromatic carbocycles. The molecule has 1 heterocycles. The molecule has 1 aromatic heterocycles. The van der Waals surface area contributed by atoms with Crippen molar-refractivity contribution in [1.29, 1.82) is 0 Å². The monoisotopic (exact) mass is 369 g/mol. The molecule has 0 aliphatic rings. The van der Waals surface area contributed by atoms with Crippen molar-refractivity contribution < 1.29 is 9.53 Å². The molecule has 0 aliphatic heterocycles. The molecule has 3 rings (SSSR count). The van der Waals surface area contributed by atoms with Gasteiger partial charge in [0.15, 0.2) is 4.80 Å². The van der Waals surface area contributed by atoms with Crippen LogP contribution in [0.5, 0.6) is 5.75 Å². The smallest absolute Gasteiger partial charge is 0.279 e. The first-order valence-corrected chi connectivity index (χ1v) is 9.31. The van der Waals surface area contributed by atoms with E-state index < -0.39 is 0 Å². The summed E-state index contributed by atoms with van der Waals surface area (Å²) in [7, 11) is 5.60. The van der Waals surface area contributed by atoms with Gasteiger partial charge in [-0.1, -0.05) is 17.4 Å². The van der Waals surface area contributed by atoms with Crippen molar-refractivity contribution in [2.75, 3.05) is 26.1 Å². The highest BCUT2D eigenvalue weighted by atomic mass is 32.1. The number of rotatable bonds is 4. The van der Waals surface area contributed by atoms with E-state index in [4.69, 9.17) is 4.74 Å². The number of anilines is 1. The van der Waals surface area contributed by atoms with Crippen molar-refractivity contribution in [3.05, 3.63) is 52.3 Å². The van der Waals surface area contributed by atoms with Crippen LogP contribution >= 0.6 is 11.3 Å². The van der Waals surface area contributed by atoms with Gasteiger partial charge in [0.1, 0.15) is 11.3 Å². The highest BCUT2D eigenvalue weighted by molar-refractivity contribution is 7.16. The molecule has 1 amide bonds. The summed E-state index contributed by atoms with van der Waals surface area (Å²) in [6.45, 7) is 4.82. The third kappa shape index (κ3) is 3.24. The molecule has 5 nitrogen and oxygen atoms in total. The van der Waals surface area contributed by atoms with E-state index in [2.05, 4.69) is 11.9 Å². The number of aryl methyl sites for hydroxylation is 2. The summed E-state index contributed by atoms with van der Waals surface area (Å²) in [6, 6.07) is 11.5. The summed E-state index contributed by atoms with van der Waals surface area (Å²) in [5, 5.41) is 0. The number of hydrogen-bond acceptors (Lipinski definition) is 4. The number of aromatic nitrogens is 1. The number of thiazole rings is 1. The van der Waals surface area contributed by atoms with Crippen LogP contribution in [-0.4, -0.2) is 31.7 Å². The van der Waals surface area contributed by atoms with E-state index in [9.17, 15) is 4.79 Å². The summed E-state index contributed by atoms with van der Waals surface area (Å²) in [6.07, 6.45) is 0. The Kier molecular flexibility index (Phi) is 5.13. The normalized spacial score (nSPS) is 11.8. The van der Waals surface area contributed by atoms with Gasteiger partial charge in [-0.15, -0.1) is 0 Å². The molecule has 6 heteroatoms. The summed E-state index contributed by atoms with van der Waals surface area (Å²) < 4.78 is 8.66. The van der Waals surface area contributed by atoms with Crippen LogP contribution in [0.4, 0.5) is 5.69 Å². The van der Waals surface area contributed by atoms with Gasteiger partial charge in [-0.3, -0.25) is 4.79 Å². The lowest BCUT2D eigenvalue weighted by Crippen LogP contribution is -2.16. The Morgan fingerprint density at radius 2 is 1.88 bits per heavy atom. The number of benzene rings is 2. The van der Waals surface area contributed by atoms with Crippen molar-refractivity contribution >= 4 is 33.1 Å². The number of amides is 1. The summed E-state index contributed by atoms with van der Waals surface area (Å²) in [5.41, 5.74) is 3.78. The average molecular weight is 369 g/mol. The van der Waals surface area contributed by atoms with Crippen LogP contribution in [0.1, 0.15) is 22.8 Å². The van der Waals surface area contributed by atoms with E-state index in [1.54, 1.807) is 7.11 Å². The molecule has 0 aliphatic carbocycles. The molecular formula is C20H23N3O2S. The maximum Gasteiger partial charge on any atom is 0.279 e. The minimum absolute atomic E-state index is 0.235. The first-order valence-electron chi connectivity index (χ1n) is 8.49. The van der Waals surface area contributed by atoms with E-state index in [1.165, 1.54) is 11.3 Å². The fraction of sp³-hybridized carbons (Fsp3) is 0.300. The molecule has 0 N–H and O–H groups in total. The number of carbonyl (C=O) groups is 1. The second kappa shape index (κ2) is 7.33. The number of hydrogen-bond donors (Lipinski definition) is 0. The van der Waals surface area contributed by atoms with Gasteiger partial charge in [-0.2, -0.15) is 4.99 Å². The minimum Gasteiger partial charge on any atom is -0.495 e. The van der Waals surface area contributed by atoms with Gasteiger partial charge in [0.05, 0.1) is 11.8 Å². The van der Waals surface area contributed by atoms with Crippen LogP contribution in [0.3, 0.4) is 0 Å². The van der Waals surface area contributed by atoms with Crippen LogP contribution in [0.15, 0.2) is 41.4 Å². The SMILES string of the molecule is CCn1c(=NC(=O)c2ccc(N(C)C)cc2)sc2c(C)ccc(OC)c21. The molecule has 3 aromatic rings. The Hall–Kier alpha value is -2.60. The second-order valence-electron chi connectivity index (χ2n) is 6.25. The number of methoxy groups -OCH3 is 1. The molecule has 0 radical (unpaired) electrons. The topological polar surface area (TPSA) is 46.8 Å². The molecule has 0 bridgehead atoms. The maximum atomic E-state index is 12.7. The van der Waals surface area contributed by atoms with Gasteiger partial charge in [0.25, 0.3) is 5.91 Å². The highest BCUT2D eigenvalue weighted by Crippen LogP contribution is 2.30. The average Bonchev–Trinajstić information content (AvgIpc) is 3.01. The van der Waals surface area contributed by atoms with Gasteiger partial charge in [0.2, 0.25) is 0 Å². The summed E-state index contributed by atoms with van der Waals surface area (Å²) >= 11 is 1.52. The predicted molar refractivity (Wildman–Crippen MR) is 107 cm³/mol.